The number of aromatic nitrogens is 1. The third-order valence-electron chi connectivity index (χ3n) is 4.56. The first-order valence-electron chi connectivity index (χ1n) is 8.51. The van der Waals surface area contributed by atoms with Crippen LogP contribution >= 0.6 is 11.6 Å². The van der Waals surface area contributed by atoms with Gasteiger partial charge >= 0.3 is 0 Å². The highest BCUT2D eigenvalue weighted by molar-refractivity contribution is 6.32. The van der Waals surface area contributed by atoms with Crippen molar-refractivity contribution in [1.29, 1.82) is 0 Å². The lowest BCUT2D eigenvalue weighted by molar-refractivity contribution is 0.354. The average molecular weight is 362 g/mol. The van der Waals surface area contributed by atoms with E-state index in [1.165, 1.54) is 0 Å². The van der Waals surface area contributed by atoms with E-state index >= 15 is 0 Å². The first-order valence-corrected chi connectivity index (χ1v) is 8.89. The zero-order valence-electron chi connectivity index (χ0n) is 14.7. The summed E-state index contributed by atoms with van der Waals surface area (Å²) in [6, 6.07) is 10.4. The number of pyridine rings is 1. The van der Waals surface area contributed by atoms with E-state index in [9.17, 15) is 0 Å². The molecule has 3 rings (SSSR count). The number of hydrogen-bond donors (Lipinski definition) is 1. The van der Waals surface area contributed by atoms with Gasteiger partial charge in [0.2, 0.25) is 0 Å². The summed E-state index contributed by atoms with van der Waals surface area (Å²) >= 11 is 6.28. The number of ether oxygens (including phenoxy) is 2. The standard InChI is InChI=1S/C19H24ClN3O2/c1-24-17-12-14(11-16(20)19(17)25-2)13-22-15-6-9-23(10-7-15)18-5-3-4-8-21-18/h3-5,8,11-12,15,22H,6-7,9-10,13H2,1-2H3. The molecule has 0 bridgehead atoms. The first-order chi connectivity index (χ1) is 12.2. The number of halogens is 1. The maximum absolute atomic E-state index is 6.28. The molecule has 0 aliphatic carbocycles. The molecular weight excluding hydrogens is 338 g/mol. The second kappa shape index (κ2) is 8.41. The second-order valence-electron chi connectivity index (χ2n) is 6.14. The number of rotatable bonds is 6. The number of methoxy groups -OCH3 is 2. The van der Waals surface area contributed by atoms with E-state index in [-0.39, 0.29) is 0 Å². The molecular formula is C19H24ClN3O2. The molecule has 1 aromatic carbocycles. The van der Waals surface area contributed by atoms with Crippen molar-refractivity contribution < 1.29 is 9.47 Å². The highest BCUT2D eigenvalue weighted by Crippen LogP contribution is 2.36. The van der Waals surface area contributed by atoms with Gasteiger partial charge < -0.3 is 19.7 Å². The highest BCUT2D eigenvalue weighted by atomic mass is 35.5. The molecule has 0 amide bonds. The van der Waals surface area contributed by atoms with E-state index in [4.69, 9.17) is 21.1 Å². The van der Waals surface area contributed by atoms with Gasteiger partial charge in [0.1, 0.15) is 5.82 Å². The maximum Gasteiger partial charge on any atom is 0.179 e. The van der Waals surface area contributed by atoms with Crippen LogP contribution in [0, 0.1) is 0 Å². The predicted molar refractivity (Wildman–Crippen MR) is 101 cm³/mol. The molecule has 0 spiro atoms. The Morgan fingerprint density at radius 1 is 1.20 bits per heavy atom. The lowest BCUT2D eigenvalue weighted by Crippen LogP contribution is -2.42. The molecule has 1 N–H and O–H groups in total. The third kappa shape index (κ3) is 4.35. The number of piperidine rings is 1. The fourth-order valence-electron chi connectivity index (χ4n) is 3.19. The van der Waals surface area contributed by atoms with Gasteiger partial charge in [0, 0.05) is 31.9 Å². The molecule has 1 aromatic heterocycles. The molecule has 0 unspecified atom stereocenters. The van der Waals surface area contributed by atoms with Crippen molar-refractivity contribution in [3.05, 3.63) is 47.1 Å². The molecule has 134 valence electrons. The molecule has 1 aliphatic rings. The van der Waals surface area contributed by atoms with Gasteiger partial charge in [0.25, 0.3) is 0 Å². The van der Waals surface area contributed by atoms with Gasteiger partial charge in [-0.2, -0.15) is 0 Å². The molecule has 0 radical (unpaired) electrons. The Kier molecular flexibility index (Phi) is 6.00. The van der Waals surface area contributed by atoms with Crippen LogP contribution in [0.1, 0.15) is 18.4 Å². The third-order valence-corrected chi connectivity index (χ3v) is 4.84. The van der Waals surface area contributed by atoms with Crippen molar-refractivity contribution in [2.24, 2.45) is 0 Å². The molecule has 25 heavy (non-hydrogen) atoms. The van der Waals surface area contributed by atoms with E-state index in [2.05, 4.69) is 21.3 Å². The van der Waals surface area contributed by atoms with Crippen LogP contribution in [-0.2, 0) is 6.54 Å². The van der Waals surface area contributed by atoms with Gasteiger partial charge in [0.05, 0.1) is 19.2 Å². The minimum atomic E-state index is 0.492. The van der Waals surface area contributed by atoms with Crippen LogP contribution in [0.25, 0.3) is 0 Å². The van der Waals surface area contributed by atoms with Crippen molar-refractivity contribution in [2.45, 2.75) is 25.4 Å². The topological polar surface area (TPSA) is 46.6 Å². The lowest BCUT2D eigenvalue weighted by atomic mass is 10.0. The van der Waals surface area contributed by atoms with Crippen LogP contribution < -0.4 is 19.7 Å². The maximum atomic E-state index is 6.28. The zero-order chi connectivity index (χ0) is 17.6. The normalized spacial score (nSPS) is 15.2. The summed E-state index contributed by atoms with van der Waals surface area (Å²) in [6.07, 6.45) is 4.04. The van der Waals surface area contributed by atoms with Crippen LogP contribution in [0.5, 0.6) is 11.5 Å². The van der Waals surface area contributed by atoms with Crippen molar-refractivity contribution in [2.75, 3.05) is 32.2 Å². The van der Waals surface area contributed by atoms with Crippen LogP contribution in [0.2, 0.25) is 5.02 Å². The van der Waals surface area contributed by atoms with Crippen LogP contribution in [0.15, 0.2) is 36.5 Å². The Morgan fingerprint density at radius 3 is 2.64 bits per heavy atom. The Labute approximate surface area is 153 Å². The summed E-state index contributed by atoms with van der Waals surface area (Å²) in [7, 11) is 3.22. The van der Waals surface area contributed by atoms with E-state index in [1.807, 2.05) is 30.5 Å². The number of hydrogen-bond acceptors (Lipinski definition) is 5. The second-order valence-corrected chi connectivity index (χ2v) is 6.55. The molecule has 1 aliphatic heterocycles. The molecule has 6 heteroatoms. The summed E-state index contributed by atoms with van der Waals surface area (Å²) in [5.41, 5.74) is 1.09. The minimum Gasteiger partial charge on any atom is -0.493 e. The molecule has 0 saturated carbocycles. The smallest absolute Gasteiger partial charge is 0.179 e. The lowest BCUT2D eigenvalue weighted by Gasteiger charge is -2.33. The number of nitrogens with zero attached hydrogens (tertiary/aromatic N) is 2. The number of benzene rings is 1. The SMILES string of the molecule is COc1cc(CNC2CCN(c3ccccn3)CC2)cc(Cl)c1OC. The van der Waals surface area contributed by atoms with Crippen molar-refractivity contribution in [1.82, 2.24) is 10.3 Å². The van der Waals surface area contributed by atoms with Gasteiger partial charge in [-0.3, -0.25) is 0 Å². The fraction of sp³-hybridized carbons (Fsp3) is 0.421. The summed E-state index contributed by atoms with van der Waals surface area (Å²) in [4.78, 5) is 6.77. The van der Waals surface area contributed by atoms with Crippen LogP contribution in [0.4, 0.5) is 5.82 Å². The predicted octanol–water partition coefficient (Wildman–Crippen LogP) is 3.51. The molecule has 5 nitrogen and oxygen atoms in total. The molecule has 1 saturated heterocycles. The molecule has 0 atom stereocenters. The summed E-state index contributed by atoms with van der Waals surface area (Å²) < 4.78 is 10.6. The number of anilines is 1. The van der Waals surface area contributed by atoms with Gasteiger partial charge in [-0.25, -0.2) is 4.98 Å². The highest BCUT2D eigenvalue weighted by Gasteiger charge is 2.20. The molecule has 2 heterocycles. The summed E-state index contributed by atoms with van der Waals surface area (Å²) in [6.45, 7) is 2.79. The van der Waals surface area contributed by atoms with Crippen LogP contribution in [-0.4, -0.2) is 38.3 Å². The first kappa shape index (κ1) is 17.8. The van der Waals surface area contributed by atoms with E-state index in [1.54, 1.807) is 14.2 Å². The van der Waals surface area contributed by atoms with Crippen molar-refractivity contribution in [3.8, 4) is 11.5 Å². The summed E-state index contributed by atoms with van der Waals surface area (Å²) in [5.74, 6) is 2.31. The molecule has 1 fully saturated rings. The van der Waals surface area contributed by atoms with Crippen molar-refractivity contribution in [3.63, 3.8) is 0 Å². The van der Waals surface area contributed by atoms with Gasteiger partial charge in [-0.1, -0.05) is 17.7 Å². The van der Waals surface area contributed by atoms with Gasteiger partial charge in [-0.05, 0) is 42.7 Å². The van der Waals surface area contributed by atoms with E-state index in [0.29, 0.717) is 22.6 Å². The van der Waals surface area contributed by atoms with E-state index < -0.39 is 0 Å². The molecule has 2 aromatic rings. The van der Waals surface area contributed by atoms with Crippen molar-refractivity contribution >= 4 is 17.4 Å². The average Bonchev–Trinajstić information content (AvgIpc) is 2.67. The van der Waals surface area contributed by atoms with Gasteiger partial charge in [-0.15, -0.1) is 0 Å². The fourth-order valence-corrected chi connectivity index (χ4v) is 3.50. The van der Waals surface area contributed by atoms with Crippen LogP contribution in [0.3, 0.4) is 0 Å². The van der Waals surface area contributed by atoms with Gasteiger partial charge in [0.15, 0.2) is 11.5 Å². The Morgan fingerprint density at radius 2 is 2.00 bits per heavy atom. The monoisotopic (exact) mass is 361 g/mol. The number of nitrogens with one attached hydrogen (secondary N) is 1. The zero-order valence-corrected chi connectivity index (χ0v) is 15.4. The minimum absolute atomic E-state index is 0.492. The Bertz CT molecular complexity index is 689. The quantitative estimate of drug-likeness (QED) is 0.853. The largest absolute Gasteiger partial charge is 0.493 e. The van der Waals surface area contributed by atoms with E-state index in [0.717, 1.165) is 43.9 Å². The Balaban J connectivity index is 1.54. The Hall–Kier alpha value is -1.98. The summed E-state index contributed by atoms with van der Waals surface area (Å²) in [5, 5.41) is 4.20.